The normalized spacial score (nSPS) is 10.7. The number of anilines is 1. The molecule has 0 saturated carbocycles. The molecule has 0 spiro atoms. The van der Waals surface area contributed by atoms with E-state index < -0.39 is 34.6 Å². The van der Waals surface area contributed by atoms with Gasteiger partial charge in [0.1, 0.15) is 5.82 Å². The van der Waals surface area contributed by atoms with Crippen molar-refractivity contribution in [1.82, 2.24) is 4.98 Å². The fraction of sp³-hybridized carbons (Fsp3) is 0. The number of halogens is 5. The Kier molecular flexibility index (Phi) is 2.90. The largest absolute Gasteiger partial charge is 0.384 e. The molecule has 0 aliphatic heterocycles. The molecule has 0 aliphatic rings. The molecule has 2 rings (SSSR count). The van der Waals surface area contributed by atoms with Gasteiger partial charge in [-0.05, 0) is 12.1 Å². The molecule has 0 saturated heterocycles. The van der Waals surface area contributed by atoms with Gasteiger partial charge in [0, 0.05) is 11.8 Å². The predicted molar refractivity (Wildman–Crippen MR) is 53.9 cm³/mol. The Balaban J connectivity index is 2.75. The monoisotopic (exact) mass is 260 g/mol. The van der Waals surface area contributed by atoms with E-state index in [4.69, 9.17) is 5.73 Å². The van der Waals surface area contributed by atoms with Crippen molar-refractivity contribution >= 4 is 5.82 Å². The highest BCUT2D eigenvalue weighted by Gasteiger charge is 2.26. The van der Waals surface area contributed by atoms with Gasteiger partial charge in [-0.15, -0.1) is 0 Å². The van der Waals surface area contributed by atoms with E-state index in [-0.39, 0.29) is 11.4 Å². The molecule has 2 aromatic rings. The molecule has 2 nitrogen and oxygen atoms in total. The third-order valence-electron chi connectivity index (χ3n) is 2.28. The van der Waals surface area contributed by atoms with Crippen LogP contribution in [0, 0.1) is 29.1 Å². The molecule has 0 unspecified atom stereocenters. The Morgan fingerprint density at radius 1 is 0.778 bits per heavy atom. The number of benzene rings is 1. The Bertz CT molecular complexity index is 581. The number of hydrogen-bond acceptors (Lipinski definition) is 2. The molecular weight excluding hydrogens is 255 g/mol. The molecule has 1 aromatic carbocycles. The average Bonchev–Trinajstić information content (AvgIpc) is 2.36. The number of pyridine rings is 1. The summed E-state index contributed by atoms with van der Waals surface area (Å²) in [6.07, 6.45) is 0.924. The van der Waals surface area contributed by atoms with Crippen LogP contribution < -0.4 is 5.73 Å². The van der Waals surface area contributed by atoms with Crippen molar-refractivity contribution < 1.29 is 22.0 Å². The first-order valence-corrected chi connectivity index (χ1v) is 4.66. The Morgan fingerprint density at radius 2 is 1.28 bits per heavy atom. The topological polar surface area (TPSA) is 38.9 Å². The highest BCUT2D eigenvalue weighted by atomic mass is 19.2. The Hall–Kier alpha value is -2.18. The molecule has 0 amide bonds. The molecule has 1 aromatic heterocycles. The maximum absolute atomic E-state index is 13.4. The first-order valence-electron chi connectivity index (χ1n) is 4.66. The average molecular weight is 260 g/mol. The maximum Gasteiger partial charge on any atom is 0.200 e. The van der Waals surface area contributed by atoms with Crippen LogP contribution in [-0.2, 0) is 0 Å². The molecule has 7 heteroatoms. The van der Waals surface area contributed by atoms with Crippen LogP contribution in [0.2, 0.25) is 0 Å². The summed E-state index contributed by atoms with van der Waals surface area (Å²) in [5, 5.41) is 0. The van der Waals surface area contributed by atoms with Gasteiger partial charge in [0.25, 0.3) is 0 Å². The van der Waals surface area contributed by atoms with Crippen molar-refractivity contribution in [2.45, 2.75) is 0 Å². The van der Waals surface area contributed by atoms with E-state index in [2.05, 4.69) is 4.98 Å². The lowest BCUT2D eigenvalue weighted by Crippen LogP contribution is -2.04. The van der Waals surface area contributed by atoms with Gasteiger partial charge in [-0.1, -0.05) is 0 Å². The SMILES string of the molecule is Nc1ccc(-c2c(F)c(F)c(F)c(F)c2F)cn1. The third-order valence-corrected chi connectivity index (χ3v) is 2.28. The second kappa shape index (κ2) is 4.25. The molecular formula is C11H5F5N2. The zero-order chi connectivity index (χ0) is 13.4. The van der Waals surface area contributed by atoms with Gasteiger partial charge >= 0.3 is 0 Å². The minimum absolute atomic E-state index is 0.0580. The van der Waals surface area contributed by atoms with Crippen LogP contribution in [0.15, 0.2) is 18.3 Å². The van der Waals surface area contributed by atoms with Crippen molar-refractivity contribution in [3.8, 4) is 11.1 Å². The van der Waals surface area contributed by atoms with Crippen LogP contribution in [0.25, 0.3) is 11.1 Å². The van der Waals surface area contributed by atoms with Crippen LogP contribution in [0.1, 0.15) is 0 Å². The summed E-state index contributed by atoms with van der Waals surface area (Å²) in [7, 11) is 0. The van der Waals surface area contributed by atoms with Crippen LogP contribution in [0.3, 0.4) is 0 Å². The van der Waals surface area contributed by atoms with Crippen LogP contribution in [0.5, 0.6) is 0 Å². The van der Waals surface area contributed by atoms with Crippen LogP contribution >= 0.6 is 0 Å². The second-order valence-corrected chi connectivity index (χ2v) is 3.42. The second-order valence-electron chi connectivity index (χ2n) is 3.42. The minimum Gasteiger partial charge on any atom is -0.384 e. The van der Waals surface area contributed by atoms with E-state index in [1.807, 2.05) is 0 Å². The summed E-state index contributed by atoms with van der Waals surface area (Å²) < 4.78 is 65.6. The Labute approximate surface area is 97.9 Å². The summed E-state index contributed by atoms with van der Waals surface area (Å²) >= 11 is 0. The lowest BCUT2D eigenvalue weighted by molar-refractivity contribution is 0.381. The molecule has 0 aliphatic carbocycles. The number of rotatable bonds is 1. The Morgan fingerprint density at radius 3 is 1.72 bits per heavy atom. The number of aromatic nitrogens is 1. The van der Waals surface area contributed by atoms with Gasteiger partial charge in [-0.2, -0.15) is 0 Å². The molecule has 18 heavy (non-hydrogen) atoms. The molecule has 94 valence electrons. The first kappa shape index (κ1) is 12.3. The summed E-state index contributed by atoms with van der Waals surface area (Å²) in [5.74, 6) is -9.95. The van der Waals surface area contributed by atoms with E-state index in [1.165, 1.54) is 6.07 Å². The predicted octanol–water partition coefficient (Wildman–Crippen LogP) is 3.03. The van der Waals surface area contributed by atoms with Gasteiger partial charge in [-0.25, -0.2) is 26.9 Å². The van der Waals surface area contributed by atoms with Crippen LogP contribution in [-0.4, -0.2) is 4.98 Å². The first-order chi connectivity index (χ1) is 8.43. The van der Waals surface area contributed by atoms with Crippen molar-refractivity contribution in [2.24, 2.45) is 0 Å². The number of nitrogens with zero attached hydrogens (tertiary/aromatic N) is 1. The zero-order valence-electron chi connectivity index (χ0n) is 8.65. The molecule has 1 heterocycles. The fourth-order valence-corrected chi connectivity index (χ4v) is 1.41. The van der Waals surface area contributed by atoms with Gasteiger partial charge in [0.15, 0.2) is 23.3 Å². The quantitative estimate of drug-likeness (QED) is 0.486. The van der Waals surface area contributed by atoms with Crippen LogP contribution in [0.4, 0.5) is 27.8 Å². The molecule has 0 atom stereocenters. The van der Waals surface area contributed by atoms with Gasteiger partial charge < -0.3 is 5.73 Å². The van der Waals surface area contributed by atoms with Crippen molar-refractivity contribution in [3.63, 3.8) is 0 Å². The van der Waals surface area contributed by atoms with Crippen molar-refractivity contribution in [3.05, 3.63) is 47.4 Å². The van der Waals surface area contributed by atoms with E-state index in [0.717, 1.165) is 12.3 Å². The smallest absolute Gasteiger partial charge is 0.200 e. The minimum atomic E-state index is -2.20. The standard InChI is InChI=1S/C11H5F5N2/c12-7-6(4-1-2-5(17)18-3-4)8(13)10(15)11(16)9(7)14/h1-3H,(H2,17,18). The molecule has 0 radical (unpaired) electrons. The number of hydrogen-bond donors (Lipinski definition) is 1. The zero-order valence-corrected chi connectivity index (χ0v) is 8.65. The van der Waals surface area contributed by atoms with Gasteiger partial charge in [-0.3, -0.25) is 0 Å². The molecule has 2 N–H and O–H groups in total. The summed E-state index contributed by atoms with van der Waals surface area (Å²) in [5.41, 5.74) is 3.98. The summed E-state index contributed by atoms with van der Waals surface area (Å²) in [4.78, 5) is 3.53. The van der Waals surface area contributed by atoms with E-state index in [0.29, 0.717) is 0 Å². The molecule has 0 fully saturated rings. The van der Waals surface area contributed by atoms with Crippen molar-refractivity contribution in [2.75, 3.05) is 5.73 Å². The highest BCUT2D eigenvalue weighted by molar-refractivity contribution is 5.65. The van der Waals surface area contributed by atoms with E-state index >= 15 is 0 Å². The number of nitrogen functional groups attached to an aromatic ring is 1. The van der Waals surface area contributed by atoms with Gasteiger partial charge in [0.2, 0.25) is 5.82 Å². The fourth-order valence-electron chi connectivity index (χ4n) is 1.41. The third kappa shape index (κ3) is 1.77. The van der Waals surface area contributed by atoms with Gasteiger partial charge in [0.05, 0.1) is 5.56 Å². The van der Waals surface area contributed by atoms with E-state index in [9.17, 15) is 22.0 Å². The summed E-state index contributed by atoms with van der Waals surface area (Å²) in [6, 6.07) is 2.30. The summed E-state index contributed by atoms with van der Waals surface area (Å²) in [6.45, 7) is 0. The lowest BCUT2D eigenvalue weighted by Gasteiger charge is -2.08. The van der Waals surface area contributed by atoms with E-state index in [1.54, 1.807) is 0 Å². The lowest BCUT2D eigenvalue weighted by atomic mass is 10.1. The van der Waals surface area contributed by atoms with Crippen molar-refractivity contribution in [1.29, 1.82) is 0 Å². The highest BCUT2D eigenvalue weighted by Crippen LogP contribution is 2.31. The number of nitrogens with two attached hydrogens (primary N) is 1. The maximum atomic E-state index is 13.4. The molecule has 0 bridgehead atoms.